The summed E-state index contributed by atoms with van der Waals surface area (Å²) < 4.78 is 18.9. The van der Waals surface area contributed by atoms with Crippen LogP contribution in [0.3, 0.4) is 0 Å². The molecule has 4 rings (SSSR count). The zero-order valence-electron chi connectivity index (χ0n) is 22.0. The van der Waals surface area contributed by atoms with Crippen LogP contribution >= 0.6 is 0 Å². The van der Waals surface area contributed by atoms with Crippen LogP contribution in [0.25, 0.3) is 5.69 Å². The molecular formula is C30H33N3O4. The SMILES string of the molecule is CC[C@@H](C)N(Cc1c(C)nn(-c2ccccc2)c1Oc1ccc(OC)cc1)C(=O)c1cccc(OC)c1. The van der Waals surface area contributed by atoms with Crippen LogP contribution in [-0.2, 0) is 6.54 Å². The predicted molar refractivity (Wildman–Crippen MR) is 144 cm³/mol. The molecule has 7 nitrogen and oxygen atoms in total. The maximum atomic E-state index is 13.7. The number of ether oxygens (including phenoxy) is 3. The summed E-state index contributed by atoms with van der Waals surface area (Å²) in [5.41, 5.74) is 3.08. The van der Waals surface area contributed by atoms with Gasteiger partial charge in [0, 0.05) is 11.6 Å². The number of methoxy groups -OCH3 is 2. The van der Waals surface area contributed by atoms with Gasteiger partial charge in [0.2, 0.25) is 5.88 Å². The quantitative estimate of drug-likeness (QED) is 0.252. The number of para-hydroxylation sites is 1. The number of hydrogen-bond acceptors (Lipinski definition) is 5. The summed E-state index contributed by atoms with van der Waals surface area (Å²) in [7, 11) is 3.23. The van der Waals surface area contributed by atoms with Gasteiger partial charge in [-0.05, 0) is 74.9 Å². The topological polar surface area (TPSA) is 65.8 Å². The van der Waals surface area contributed by atoms with Crippen molar-refractivity contribution in [3.8, 4) is 28.8 Å². The molecule has 1 heterocycles. The molecule has 0 aliphatic heterocycles. The van der Waals surface area contributed by atoms with Crippen LogP contribution in [-0.4, -0.2) is 40.8 Å². The molecule has 4 aromatic rings. The number of amides is 1. The van der Waals surface area contributed by atoms with Crippen molar-refractivity contribution in [1.82, 2.24) is 14.7 Å². The zero-order valence-corrected chi connectivity index (χ0v) is 22.0. The second-order valence-corrected chi connectivity index (χ2v) is 8.82. The fraction of sp³-hybridized carbons (Fsp3) is 0.267. The highest BCUT2D eigenvalue weighted by molar-refractivity contribution is 5.94. The van der Waals surface area contributed by atoms with Gasteiger partial charge in [-0.15, -0.1) is 0 Å². The Balaban J connectivity index is 1.77. The molecule has 1 atom stereocenters. The molecule has 37 heavy (non-hydrogen) atoms. The summed E-state index contributed by atoms with van der Waals surface area (Å²) in [4.78, 5) is 15.6. The lowest BCUT2D eigenvalue weighted by atomic mass is 10.1. The van der Waals surface area contributed by atoms with Crippen molar-refractivity contribution in [3.05, 3.63) is 95.7 Å². The third-order valence-corrected chi connectivity index (χ3v) is 6.44. The molecule has 0 fully saturated rings. The number of nitrogens with zero attached hydrogens (tertiary/aromatic N) is 3. The number of carbonyl (C=O) groups is 1. The summed E-state index contributed by atoms with van der Waals surface area (Å²) in [6.07, 6.45) is 0.802. The molecule has 192 valence electrons. The molecule has 0 saturated heterocycles. The van der Waals surface area contributed by atoms with E-state index in [1.54, 1.807) is 25.0 Å². The van der Waals surface area contributed by atoms with Gasteiger partial charge < -0.3 is 19.1 Å². The molecule has 3 aromatic carbocycles. The second-order valence-electron chi connectivity index (χ2n) is 8.82. The minimum absolute atomic E-state index is 0.00740. The fourth-order valence-corrected chi connectivity index (χ4v) is 4.07. The van der Waals surface area contributed by atoms with Crippen LogP contribution in [0.2, 0.25) is 0 Å². The van der Waals surface area contributed by atoms with Gasteiger partial charge in [-0.25, -0.2) is 4.68 Å². The summed E-state index contributed by atoms with van der Waals surface area (Å²) in [6.45, 7) is 6.42. The lowest BCUT2D eigenvalue weighted by Crippen LogP contribution is -2.38. The molecular weight excluding hydrogens is 466 g/mol. The maximum Gasteiger partial charge on any atom is 0.254 e. The van der Waals surface area contributed by atoms with Crippen LogP contribution in [0, 0.1) is 6.92 Å². The first-order valence-electron chi connectivity index (χ1n) is 12.4. The lowest BCUT2D eigenvalue weighted by molar-refractivity contribution is 0.0669. The van der Waals surface area contributed by atoms with Gasteiger partial charge in [0.05, 0.1) is 37.7 Å². The molecule has 0 unspecified atom stereocenters. The Labute approximate surface area is 218 Å². The second kappa shape index (κ2) is 11.6. The van der Waals surface area contributed by atoms with Gasteiger partial charge in [-0.3, -0.25) is 4.79 Å². The first kappa shape index (κ1) is 25.8. The van der Waals surface area contributed by atoms with Gasteiger partial charge in [0.25, 0.3) is 5.91 Å². The van der Waals surface area contributed by atoms with E-state index in [4.69, 9.17) is 19.3 Å². The van der Waals surface area contributed by atoms with Crippen molar-refractivity contribution in [2.24, 2.45) is 0 Å². The molecule has 1 amide bonds. The van der Waals surface area contributed by atoms with Gasteiger partial charge in [0.1, 0.15) is 17.2 Å². The van der Waals surface area contributed by atoms with E-state index in [9.17, 15) is 4.79 Å². The first-order valence-corrected chi connectivity index (χ1v) is 12.4. The van der Waals surface area contributed by atoms with E-state index in [0.717, 1.165) is 29.1 Å². The minimum Gasteiger partial charge on any atom is -0.497 e. The van der Waals surface area contributed by atoms with Crippen molar-refractivity contribution in [2.45, 2.75) is 39.8 Å². The van der Waals surface area contributed by atoms with E-state index >= 15 is 0 Å². The largest absolute Gasteiger partial charge is 0.497 e. The molecule has 0 aliphatic rings. The third-order valence-electron chi connectivity index (χ3n) is 6.44. The zero-order chi connectivity index (χ0) is 26.4. The van der Waals surface area contributed by atoms with Crippen molar-refractivity contribution < 1.29 is 19.0 Å². The molecule has 0 radical (unpaired) electrons. The number of carbonyl (C=O) groups excluding carboxylic acids is 1. The van der Waals surface area contributed by atoms with Crippen molar-refractivity contribution in [3.63, 3.8) is 0 Å². The molecule has 0 aliphatic carbocycles. The van der Waals surface area contributed by atoms with E-state index in [1.807, 2.05) is 84.6 Å². The highest BCUT2D eigenvalue weighted by atomic mass is 16.5. The monoisotopic (exact) mass is 499 g/mol. The Hall–Kier alpha value is -4.26. The van der Waals surface area contributed by atoms with Gasteiger partial charge >= 0.3 is 0 Å². The maximum absolute atomic E-state index is 13.7. The van der Waals surface area contributed by atoms with Gasteiger partial charge in [-0.1, -0.05) is 31.2 Å². The number of rotatable bonds is 10. The first-order chi connectivity index (χ1) is 17.9. The van der Waals surface area contributed by atoms with Gasteiger partial charge in [-0.2, -0.15) is 5.10 Å². The van der Waals surface area contributed by atoms with Crippen LogP contribution in [0.1, 0.15) is 41.9 Å². The van der Waals surface area contributed by atoms with Gasteiger partial charge in [0.15, 0.2) is 0 Å². The average molecular weight is 500 g/mol. The van der Waals surface area contributed by atoms with Crippen LogP contribution in [0.5, 0.6) is 23.1 Å². The standard InChI is InChI=1S/C30H33N3O4/c1-6-21(2)32(29(34)23-11-10-14-27(19-23)36-5)20-28-22(3)31-33(24-12-8-7-9-13-24)30(28)37-26-17-15-25(35-4)16-18-26/h7-19,21H,6,20H2,1-5H3/t21-/m1/s1. The fourth-order valence-electron chi connectivity index (χ4n) is 4.07. The number of aryl methyl sites for hydroxylation is 1. The minimum atomic E-state index is -0.0736. The van der Waals surface area contributed by atoms with Crippen molar-refractivity contribution in [2.75, 3.05) is 14.2 Å². The lowest BCUT2D eigenvalue weighted by Gasteiger charge is -2.29. The molecule has 1 aromatic heterocycles. The summed E-state index contributed by atoms with van der Waals surface area (Å²) >= 11 is 0. The Morgan fingerprint density at radius 1 is 0.919 bits per heavy atom. The highest BCUT2D eigenvalue weighted by Crippen LogP contribution is 2.33. The highest BCUT2D eigenvalue weighted by Gasteiger charge is 2.27. The van der Waals surface area contributed by atoms with E-state index in [0.29, 0.717) is 29.5 Å². The Morgan fingerprint density at radius 3 is 2.24 bits per heavy atom. The van der Waals surface area contributed by atoms with Crippen molar-refractivity contribution >= 4 is 5.91 Å². The Morgan fingerprint density at radius 2 is 1.59 bits per heavy atom. The average Bonchev–Trinajstić information content (AvgIpc) is 3.25. The normalized spacial score (nSPS) is 11.6. The number of aromatic nitrogens is 2. The van der Waals surface area contributed by atoms with Crippen LogP contribution in [0.4, 0.5) is 0 Å². The van der Waals surface area contributed by atoms with E-state index in [-0.39, 0.29) is 11.9 Å². The van der Waals surface area contributed by atoms with Crippen LogP contribution in [0.15, 0.2) is 78.9 Å². The molecule has 0 spiro atoms. The molecule has 0 saturated carbocycles. The Bertz CT molecular complexity index is 1330. The summed E-state index contributed by atoms with van der Waals surface area (Å²) in [6, 6.07) is 24.5. The smallest absolute Gasteiger partial charge is 0.254 e. The molecule has 0 bridgehead atoms. The summed E-state index contributed by atoms with van der Waals surface area (Å²) in [5, 5.41) is 4.82. The third kappa shape index (κ3) is 5.77. The molecule has 7 heteroatoms. The number of benzene rings is 3. The van der Waals surface area contributed by atoms with E-state index < -0.39 is 0 Å². The summed E-state index contributed by atoms with van der Waals surface area (Å²) in [5.74, 6) is 2.53. The van der Waals surface area contributed by atoms with E-state index in [1.165, 1.54) is 0 Å². The Kier molecular flexibility index (Phi) is 8.13. The predicted octanol–water partition coefficient (Wildman–Crippen LogP) is 6.43. The van der Waals surface area contributed by atoms with Crippen molar-refractivity contribution in [1.29, 1.82) is 0 Å². The van der Waals surface area contributed by atoms with Crippen LogP contribution < -0.4 is 14.2 Å². The molecule has 0 N–H and O–H groups in total. The number of hydrogen-bond donors (Lipinski definition) is 0. The van der Waals surface area contributed by atoms with E-state index in [2.05, 4.69) is 13.8 Å².